The van der Waals surface area contributed by atoms with Crippen LogP contribution < -0.4 is 0 Å². The Balaban J connectivity index is 3.25. The van der Waals surface area contributed by atoms with Crippen LogP contribution in [0.1, 0.15) is 6.92 Å². The lowest BCUT2D eigenvalue weighted by molar-refractivity contribution is -0.143. The Morgan fingerprint density at radius 1 is 2.00 bits per heavy atom. The predicted molar refractivity (Wildman–Crippen MR) is 31.6 cm³/mol. The second-order valence-electron chi connectivity index (χ2n) is 1.43. The highest BCUT2D eigenvalue weighted by Gasteiger charge is 2.00. The van der Waals surface area contributed by atoms with Crippen LogP contribution in [0.4, 0.5) is 0 Å². The molecule has 0 aliphatic rings. The van der Waals surface area contributed by atoms with E-state index in [-0.39, 0.29) is 12.0 Å². The van der Waals surface area contributed by atoms with Gasteiger partial charge in [-0.25, -0.2) is 0 Å². The fraction of sp³-hybridized carbons (Fsp3) is 0.600. The van der Waals surface area contributed by atoms with E-state index in [1.807, 2.05) is 0 Å². The van der Waals surface area contributed by atoms with Gasteiger partial charge in [-0.05, 0) is 13.8 Å². The highest BCUT2D eigenvalue weighted by molar-refractivity contribution is 6.26. The lowest BCUT2D eigenvalue weighted by Gasteiger charge is -2.03. The van der Waals surface area contributed by atoms with Gasteiger partial charge in [0.2, 0.25) is 0 Å². The van der Waals surface area contributed by atoms with Gasteiger partial charge in [0.1, 0.15) is 5.88 Å². The number of hydrogen-bond donors (Lipinski definition) is 0. The Kier molecular flexibility index (Phi) is 3.61. The van der Waals surface area contributed by atoms with Gasteiger partial charge >= 0.3 is 5.97 Å². The number of hydrogen-bond acceptors (Lipinski definition) is 2. The number of alkyl halides is 1. The fourth-order valence-electron chi connectivity index (χ4n) is 0.256. The van der Waals surface area contributed by atoms with Gasteiger partial charge in [0.25, 0.3) is 0 Å². The largest absolute Gasteiger partial charge is 0.462 e. The van der Waals surface area contributed by atoms with Crippen LogP contribution in [0.3, 0.4) is 0 Å². The molecule has 0 heterocycles. The Morgan fingerprint density at radius 3 is 2.62 bits per heavy atom. The Morgan fingerprint density at radius 2 is 2.50 bits per heavy atom. The number of halogens is 1. The molecule has 0 aromatic heterocycles. The molecule has 1 unspecified atom stereocenters. The first kappa shape index (κ1) is 7.76. The van der Waals surface area contributed by atoms with E-state index in [0.717, 1.165) is 0 Å². The zero-order valence-corrected chi connectivity index (χ0v) is 5.44. The van der Waals surface area contributed by atoms with Gasteiger partial charge in [-0.3, -0.25) is 4.79 Å². The molecule has 0 spiro atoms. The van der Waals surface area contributed by atoms with Crippen LogP contribution in [0.15, 0.2) is 0 Å². The number of rotatable bonds is 2. The zero-order chi connectivity index (χ0) is 6.57. The van der Waals surface area contributed by atoms with Crippen molar-refractivity contribution in [3.05, 3.63) is 6.92 Å². The van der Waals surface area contributed by atoms with Crippen LogP contribution in [0.25, 0.3) is 0 Å². The monoisotopic (exact) mass is 135 g/mol. The van der Waals surface area contributed by atoms with Gasteiger partial charge in [0.15, 0.2) is 0 Å². The van der Waals surface area contributed by atoms with E-state index in [4.69, 9.17) is 11.6 Å². The quantitative estimate of drug-likeness (QED) is 0.417. The number of ether oxygens (including phenoxy) is 1. The third-order valence-electron chi connectivity index (χ3n) is 0.442. The van der Waals surface area contributed by atoms with Crippen molar-refractivity contribution in [2.24, 2.45) is 0 Å². The highest BCUT2D eigenvalue weighted by atomic mass is 35.5. The molecule has 0 amide bonds. The maximum atomic E-state index is 10.2. The second-order valence-corrected chi connectivity index (χ2v) is 1.70. The molecule has 47 valence electrons. The van der Waals surface area contributed by atoms with Crippen LogP contribution in [-0.2, 0) is 9.53 Å². The lowest BCUT2D eigenvalue weighted by Crippen LogP contribution is -2.12. The minimum Gasteiger partial charge on any atom is -0.462 e. The van der Waals surface area contributed by atoms with E-state index >= 15 is 0 Å². The number of carbonyl (C=O) groups is 1. The molecule has 0 aromatic rings. The number of esters is 1. The van der Waals surface area contributed by atoms with Gasteiger partial charge in [-0.1, -0.05) is 0 Å². The molecule has 0 saturated carbocycles. The van der Waals surface area contributed by atoms with Gasteiger partial charge in [-0.15, -0.1) is 11.6 Å². The first-order valence-electron chi connectivity index (χ1n) is 2.25. The molecule has 0 aliphatic carbocycles. The summed E-state index contributed by atoms with van der Waals surface area (Å²) in [4.78, 5) is 10.2. The molecule has 1 radical (unpaired) electrons. The van der Waals surface area contributed by atoms with Crippen molar-refractivity contribution in [2.45, 2.75) is 13.0 Å². The summed E-state index contributed by atoms with van der Waals surface area (Å²) < 4.78 is 4.52. The molecule has 0 rings (SSSR count). The minimum atomic E-state index is -0.422. The summed E-state index contributed by atoms with van der Waals surface area (Å²) in [7, 11) is 0. The van der Waals surface area contributed by atoms with Crippen LogP contribution >= 0.6 is 11.6 Å². The Bertz CT molecular complexity index is 80.5. The minimum absolute atomic E-state index is 0.0974. The Labute approximate surface area is 53.8 Å². The molecule has 0 aromatic carbocycles. The Hall–Kier alpha value is -0.240. The molecular formula is C5H8ClO2. The summed E-state index contributed by atoms with van der Waals surface area (Å²) in [5.74, 6) is -0.519. The lowest BCUT2D eigenvalue weighted by atomic mass is 10.5. The van der Waals surface area contributed by atoms with E-state index in [9.17, 15) is 4.79 Å². The van der Waals surface area contributed by atoms with E-state index in [2.05, 4.69) is 11.7 Å². The fourth-order valence-corrected chi connectivity index (χ4v) is 0.319. The molecule has 0 bridgehead atoms. The summed E-state index contributed by atoms with van der Waals surface area (Å²) in [6, 6.07) is 0. The molecule has 3 heteroatoms. The summed E-state index contributed by atoms with van der Waals surface area (Å²) in [6.45, 7) is 5.10. The second kappa shape index (κ2) is 3.72. The average Bonchev–Trinajstić information content (AvgIpc) is 1.65. The van der Waals surface area contributed by atoms with Crippen LogP contribution in [0.5, 0.6) is 0 Å². The molecule has 1 atom stereocenters. The normalized spacial score (nSPS) is 9.50. The number of carbonyl (C=O) groups excluding carboxylic acids is 1. The van der Waals surface area contributed by atoms with Crippen LogP contribution in [0, 0.1) is 6.92 Å². The van der Waals surface area contributed by atoms with E-state index in [1.54, 1.807) is 6.92 Å². The molecule has 2 nitrogen and oxygen atoms in total. The van der Waals surface area contributed by atoms with Gasteiger partial charge in [0, 0.05) is 0 Å². The maximum Gasteiger partial charge on any atom is 0.321 e. The average molecular weight is 136 g/mol. The van der Waals surface area contributed by atoms with Crippen molar-refractivity contribution in [1.82, 2.24) is 0 Å². The van der Waals surface area contributed by atoms with Crippen molar-refractivity contribution < 1.29 is 9.53 Å². The topological polar surface area (TPSA) is 26.3 Å². The van der Waals surface area contributed by atoms with E-state index in [0.29, 0.717) is 0 Å². The zero-order valence-electron chi connectivity index (χ0n) is 4.69. The highest BCUT2D eigenvalue weighted by Crippen LogP contribution is 1.88. The third-order valence-corrected chi connectivity index (χ3v) is 0.660. The summed E-state index contributed by atoms with van der Waals surface area (Å²) in [5, 5.41) is 0. The van der Waals surface area contributed by atoms with Gasteiger partial charge in [-0.2, -0.15) is 0 Å². The molecule has 0 aliphatic heterocycles. The summed E-state index contributed by atoms with van der Waals surface area (Å²) >= 11 is 5.09. The SMILES string of the molecule is [CH2]C(C)OC(=O)CCl. The maximum absolute atomic E-state index is 10.2. The molecule has 0 N–H and O–H groups in total. The standard InChI is InChI=1S/C5H8ClO2/c1-4(2)8-5(7)3-6/h4H,1,3H2,2H3. The van der Waals surface area contributed by atoms with Crippen molar-refractivity contribution in [2.75, 3.05) is 5.88 Å². The first-order valence-corrected chi connectivity index (χ1v) is 2.78. The van der Waals surface area contributed by atoms with Gasteiger partial charge < -0.3 is 4.74 Å². The van der Waals surface area contributed by atoms with Crippen molar-refractivity contribution in [1.29, 1.82) is 0 Å². The van der Waals surface area contributed by atoms with Crippen LogP contribution in [0.2, 0.25) is 0 Å². The van der Waals surface area contributed by atoms with E-state index in [1.165, 1.54) is 0 Å². The van der Waals surface area contributed by atoms with Gasteiger partial charge in [0.05, 0.1) is 6.10 Å². The van der Waals surface area contributed by atoms with Crippen molar-refractivity contribution in [3.63, 3.8) is 0 Å². The predicted octanol–water partition coefficient (Wildman–Crippen LogP) is 0.991. The molecular weight excluding hydrogens is 128 g/mol. The van der Waals surface area contributed by atoms with E-state index < -0.39 is 5.97 Å². The van der Waals surface area contributed by atoms with Crippen molar-refractivity contribution >= 4 is 17.6 Å². The first-order chi connectivity index (χ1) is 3.66. The summed E-state index contributed by atoms with van der Waals surface area (Å²) in [6.07, 6.45) is -0.304. The third kappa shape index (κ3) is 3.93. The smallest absolute Gasteiger partial charge is 0.321 e. The van der Waals surface area contributed by atoms with Crippen LogP contribution in [-0.4, -0.2) is 18.0 Å². The molecule has 0 fully saturated rings. The van der Waals surface area contributed by atoms with Crippen molar-refractivity contribution in [3.8, 4) is 0 Å². The molecule has 0 saturated heterocycles. The summed E-state index contributed by atoms with van der Waals surface area (Å²) in [5.41, 5.74) is 0. The molecule has 8 heavy (non-hydrogen) atoms.